The summed E-state index contributed by atoms with van der Waals surface area (Å²) in [5.74, 6) is 1.47. The first kappa shape index (κ1) is 24.8. The molecule has 0 amide bonds. The van der Waals surface area contributed by atoms with Gasteiger partial charge in [-0.1, -0.05) is 41.5 Å². The highest BCUT2D eigenvalue weighted by Gasteiger charge is 2.18. The first-order valence-electron chi connectivity index (χ1n) is 9.16. The average Bonchev–Trinajstić information content (AvgIpc) is 2.71. The van der Waals surface area contributed by atoms with Gasteiger partial charge in [0.25, 0.3) is 0 Å². The van der Waals surface area contributed by atoms with Crippen LogP contribution >= 0.6 is 0 Å². The lowest BCUT2D eigenvalue weighted by molar-refractivity contribution is 0.143. The predicted octanol–water partition coefficient (Wildman–Crippen LogP) is 3.33. The molecule has 1 saturated heterocycles. The van der Waals surface area contributed by atoms with Crippen LogP contribution in [-0.4, -0.2) is 68.4 Å². The number of anilines is 1. The van der Waals surface area contributed by atoms with E-state index < -0.39 is 0 Å². The Morgan fingerprint density at radius 1 is 0.875 bits per heavy atom. The molecule has 1 aliphatic heterocycles. The van der Waals surface area contributed by atoms with E-state index in [0.717, 1.165) is 45.3 Å². The van der Waals surface area contributed by atoms with E-state index >= 15 is 0 Å². The summed E-state index contributed by atoms with van der Waals surface area (Å²) in [4.78, 5) is 13.2. The molecule has 0 unspecified atom stereocenters. The normalized spacial score (nSPS) is 13.4. The molecule has 1 fully saturated rings. The quantitative estimate of drug-likeness (QED) is 0.818. The highest BCUT2D eigenvalue weighted by Crippen LogP contribution is 2.13. The highest BCUT2D eigenvalue weighted by molar-refractivity contribution is 5.32. The Morgan fingerprint density at radius 2 is 1.38 bits per heavy atom. The van der Waals surface area contributed by atoms with Crippen molar-refractivity contribution in [3.05, 3.63) is 12.4 Å². The first-order chi connectivity index (χ1) is 11.8. The van der Waals surface area contributed by atoms with Crippen LogP contribution in [-0.2, 0) is 4.74 Å². The summed E-state index contributed by atoms with van der Waals surface area (Å²) in [6.45, 7) is 17.7. The number of ether oxygens (including phenoxy) is 2. The van der Waals surface area contributed by atoms with Gasteiger partial charge in [0.05, 0.1) is 26.1 Å². The zero-order valence-electron chi connectivity index (χ0n) is 17.0. The van der Waals surface area contributed by atoms with Crippen LogP contribution in [0.3, 0.4) is 0 Å². The zero-order chi connectivity index (χ0) is 18.8. The van der Waals surface area contributed by atoms with Crippen LogP contribution in [0.2, 0.25) is 0 Å². The Morgan fingerprint density at radius 3 is 1.79 bits per heavy atom. The van der Waals surface area contributed by atoms with E-state index in [4.69, 9.17) is 9.47 Å². The minimum absolute atomic E-state index is 0.692. The van der Waals surface area contributed by atoms with Gasteiger partial charge in [0.2, 0.25) is 5.95 Å². The lowest BCUT2D eigenvalue weighted by atomic mass is 10.3. The lowest BCUT2D eigenvalue weighted by Gasteiger charge is -2.34. The molecule has 0 atom stereocenters. The van der Waals surface area contributed by atoms with Crippen LogP contribution in [0.5, 0.6) is 5.75 Å². The van der Waals surface area contributed by atoms with Gasteiger partial charge in [-0.2, -0.15) is 0 Å². The third-order valence-corrected chi connectivity index (χ3v) is 3.12. The van der Waals surface area contributed by atoms with Gasteiger partial charge < -0.3 is 14.4 Å². The Hall–Kier alpha value is -1.40. The van der Waals surface area contributed by atoms with E-state index in [1.807, 2.05) is 41.5 Å². The summed E-state index contributed by atoms with van der Waals surface area (Å²) in [5.41, 5.74) is 0. The highest BCUT2D eigenvalue weighted by atomic mass is 16.5. The molecule has 0 bridgehead atoms. The maximum atomic E-state index is 5.09. The minimum atomic E-state index is 0.692. The van der Waals surface area contributed by atoms with Gasteiger partial charge in [0.15, 0.2) is 5.75 Å². The standard InChI is InChI=1S/C12H20N4O2.3C2H6/c1-17-8-7-15-3-5-16(6-4-15)12-13-9-11(18-2)10-14-12;3*1-2/h9-10H,3-8H2,1-2H3;3*1-2H3. The van der Waals surface area contributed by atoms with Crippen LogP contribution in [0.4, 0.5) is 5.95 Å². The monoisotopic (exact) mass is 342 g/mol. The summed E-state index contributed by atoms with van der Waals surface area (Å²) in [7, 11) is 3.36. The molecule has 2 heterocycles. The topological polar surface area (TPSA) is 50.7 Å². The fourth-order valence-electron chi connectivity index (χ4n) is 1.97. The fourth-order valence-corrected chi connectivity index (χ4v) is 1.97. The second-order valence-corrected chi connectivity index (χ2v) is 4.24. The van der Waals surface area contributed by atoms with Crippen molar-refractivity contribution in [1.29, 1.82) is 0 Å². The largest absolute Gasteiger partial charge is 0.494 e. The van der Waals surface area contributed by atoms with Crippen LogP contribution in [0.1, 0.15) is 41.5 Å². The third-order valence-electron chi connectivity index (χ3n) is 3.12. The SMILES string of the molecule is CC.CC.CC.COCCN1CCN(c2ncc(OC)cn2)CC1. The van der Waals surface area contributed by atoms with Gasteiger partial charge in [-0.25, -0.2) is 9.97 Å². The van der Waals surface area contributed by atoms with Crippen molar-refractivity contribution in [3.8, 4) is 5.75 Å². The summed E-state index contributed by atoms with van der Waals surface area (Å²) in [6.07, 6.45) is 3.42. The second-order valence-electron chi connectivity index (χ2n) is 4.24. The maximum Gasteiger partial charge on any atom is 0.225 e. The van der Waals surface area contributed by atoms with E-state index in [0.29, 0.717) is 5.75 Å². The molecular weight excluding hydrogens is 304 g/mol. The number of hydrogen-bond donors (Lipinski definition) is 0. The van der Waals surface area contributed by atoms with E-state index in [-0.39, 0.29) is 0 Å². The maximum absolute atomic E-state index is 5.09. The molecule has 6 nitrogen and oxygen atoms in total. The molecule has 0 radical (unpaired) electrons. The van der Waals surface area contributed by atoms with Crippen molar-refractivity contribution in [3.63, 3.8) is 0 Å². The number of hydrogen-bond acceptors (Lipinski definition) is 6. The summed E-state index contributed by atoms with van der Waals surface area (Å²) < 4.78 is 10.1. The van der Waals surface area contributed by atoms with Crippen molar-refractivity contribution >= 4 is 5.95 Å². The molecule has 1 aliphatic rings. The Balaban J connectivity index is 0. The molecule has 1 aromatic rings. The van der Waals surface area contributed by atoms with Gasteiger partial charge in [-0.3, -0.25) is 4.90 Å². The third kappa shape index (κ3) is 9.67. The molecule has 24 heavy (non-hydrogen) atoms. The van der Waals surface area contributed by atoms with E-state index in [2.05, 4.69) is 19.8 Å². The van der Waals surface area contributed by atoms with Gasteiger partial charge in [0.1, 0.15) is 0 Å². The smallest absolute Gasteiger partial charge is 0.225 e. The number of piperazine rings is 1. The van der Waals surface area contributed by atoms with E-state index in [9.17, 15) is 0 Å². The van der Waals surface area contributed by atoms with Crippen LogP contribution in [0, 0.1) is 0 Å². The first-order valence-corrected chi connectivity index (χ1v) is 9.16. The summed E-state index contributed by atoms with van der Waals surface area (Å²) >= 11 is 0. The number of nitrogens with zero attached hydrogens (tertiary/aromatic N) is 4. The molecule has 0 saturated carbocycles. The second kappa shape index (κ2) is 17.9. The molecule has 6 heteroatoms. The van der Waals surface area contributed by atoms with E-state index in [1.54, 1.807) is 26.6 Å². The van der Waals surface area contributed by atoms with Gasteiger partial charge in [-0.05, 0) is 0 Å². The molecule has 2 rings (SSSR count). The van der Waals surface area contributed by atoms with Gasteiger partial charge in [0, 0.05) is 39.8 Å². The molecule has 0 spiro atoms. The van der Waals surface area contributed by atoms with Crippen LogP contribution in [0.15, 0.2) is 12.4 Å². The van der Waals surface area contributed by atoms with Crippen LogP contribution < -0.4 is 9.64 Å². The van der Waals surface area contributed by atoms with Gasteiger partial charge in [-0.15, -0.1) is 0 Å². The van der Waals surface area contributed by atoms with Crippen molar-refractivity contribution < 1.29 is 9.47 Å². The van der Waals surface area contributed by atoms with Crippen molar-refractivity contribution in [2.75, 3.05) is 58.5 Å². The number of rotatable bonds is 5. The summed E-state index contributed by atoms with van der Waals surface area (Å²) in [5, 5.41) is 0. The lowest BCUT2D eigenvalue weighted by Crippen LogP contribution is -2.47. The molecule has 0 N–H and O–H groups in total. The minimum Gasteiger partial charge on any atom is -0.494 e. The van der Waals surface area contributed by atoms with Crippen molar-refractivity contribution in [1.82, 2.24) is 14.9 Å². The Bertz CT molecular complexity index is 353. The number of aromatic nitrogens is 2. The van der Waals surface area contributed by atoms with Crippen molar-refractivity contribution in [2.45, 2.75) is 41.5 Å². The van der Waals surface area contributed by atoms with Gasteiger partial charge >= 0.3 is 0 Å². The molecule has 0 aromatic carbocycles. The Labute approximate surface area is 149 Å². The fraction of sp³-hybridized carbons (Fsp3) is 0.778. The zero-order valence-corrected chi connectivity index (χ0v) is 17.0. The molecule has 1 aromatic heterocycles. The predicted molar refractivity (Wildman–Crippen MR) is 103 cm³/mol. The number of methoxy groups -OCH3 is 2. The average molecular weight is 343 g/mol. The molecule has 142 valence electrons. The van der Waals surface area contributed by atoms with Crippen molar-refractivity contribution in [2.24, 2.45) is 0 Å². The summed E-state index contributed by atoms with van der Waals surface area (Å²) in [6, 6.07) is 0. The van der Waals surface area contributed by atoms with Crippen LogP contribution in [0.25, 0.3) is 0 Å². The Kier molecular flexibility index (Phi) is 18.6. The molecule has 0 aliphatic carbocycles. The molecular formula is C18H38N4O2. The van der Waals surface area contributed by atoms with E-state index in [1.165, 1.54) is 0 Å².